The van der Waals surface area contributed by atoms with Crippen molar-refractivity contribution in [2.24, 2.45) is 0 Å². The van der Waals surface area contributed by atoms with E-state index in [-0.39, 0.29) is 31.9 Å². The molecule has 0 amide bonds. The molecule has 10 rings (SSSR count). The van der Waals surface area contributed by atoms with Crippen molar-refractivity contribution in [3.8, 4) is 11.4 Å². The topological polar surface area (TPSA) is 53.2 Å². The zero-order valence-corrected chi connectivity index (χ0v) is 34.4. The zero-order chi connectivity index (χ0) is 37.6. The molecule has 0 spiro atoms. The predicted octanol–water partition coefficient (Wildman–Crippen LogP) is 12.4. The number of hydrogen-bond acceptors (Lipinski definition) is 3. The molecule has 1 aliphatic heterocycles. The molecule has 0 fully saturated rings. The largest absolute Gasteiger partial charge is 0.522 e. The van der Waals surface area contributed by atoms with Gasteiger partial charge in [-0.3, -0.25) is 0 Å². The van der Waals surface area contributed by atoms with Crippen LogP contribution in [-0.2, 0) is 31.9 Å². The monoisotopic (exact) mass is 909 g/mol. The van der Waals surface area contributed by atoms with Gasteiger partial charge in [-0.05, 0) is 84.6 Å². The van der Waals surface area contributed by atoms with Crippen molar-refractivity contribution in [3.63, 3.8) is 0 Å². The molecule has 9 aromatic rings. The Hall–Kier alpha value is -5.84. The summed E-state index contributed by atoms with van der Waals surface area (Å²) in [5, 5.41) is 5.45. The molecule has 7 heteroatoms. The third kappa shape index (κ3) is 5.86. The Balaban J connectivity index is 0.00000410. The summed E-state index contributed by atoms with van der Waals surface area (Å²) in [6.07, 6.45) is 2.12. The first-order chi connectivity index (χ1) is 26.5. The summed E-state index contributed by atoms with van der Waals surface area (Å²) in [6, 6.07) is 52.1. The Kier molecular flexibility index (Phi) is 8.41. The summed E-state index contributed by atoms with van der Waals surface area (Å²) in [7, 11) is 0. The van der Waals surface area contributed by atoms with Crippen molar-refractivity contribution in [3.05, 3.63) is 157 Å². The van der Waals surface area contributed by atoms with Crippen molar-refractivity contribution in [2.75, 3.05) is 0 Å². The average molecular weight is 910 g/mol. The van der Waals surface area contributed by atoms with Crippen LogP contribution in [0.5, 0.6) is 0 Å². The maximum absolute atomic E-state index is 6.75. The smallest absolute Gasteiger partial charge is 0.136 e. The Morgan fingerprint density at radius 1 is 0.554 bits per heavy atom. The second-order valence-electron chi connectivity index (χ2n) is 16.5. The molecule has 8 bridgehead atoms. The molecule has 56 heavy (non-hydrogen) atoms. The van der Waals surface area contributed by atoms with E-state index in [2.05, 4.69) is 189 Å². The van der Waals surface area contributed by atoms with Gasteiger partial charge in [0.25, 0.3) is 0 Å². The van der Waals surface area contributed by atoms with E-state index in [0.717, 1.165) is 71.7 Å². The van der Waals surface area contributed by atoms with Crippen LogP contribution >= 0.6 is 0 Å². The first-order valence-corrected chi connectivity index (χ1v) is 18.8. The van der Waals surface area contributed by atoms with Gasteiger partial charge in [0.05, 0.1) is 5.52 Å². The number of hydrogen-bond donors (Lipinski definition) is 0. The van der Waals surface area contributed by atoms with Crippen LogP contribution in [0.3, 0.4) is 0 Å². The van der Waals surface area contributed by atoms with Gasteiger partial charge < -0.3 is 22.9 Å². The normalized spacial score (nSPS) is 12.3. The minimum Gasteiger partial charge on any atom is -0.522 e. The van der Waals surface area contributed by atoms with Crippen molar-refractivity contribution in [1.82, 2.24) is 23.5 Å². The number of fused-ring (bicyclic) bond motifs is 20. The molecule has 5 aromatic carbocycles. The quantitative estimate of drug-likeness (QED) is 0.142. The molecular formula is C49H40N5OPt-3. The Bertz CT molecular complexity index is 3250. The van der Waals surface area contributed by atoms with Crippen LogP contribution < -0.4 is 0 Å². The summed E-state index contributed by atoms with van der Waals surface area (Å²) in [6.45, 7) is 13.3. The van der Waals surface area contributed by atoms with Gasteiger partial charge in [-0.15, -0.1) is 23.6 Å². The van der Waals surface area contributed by atoms with Gasteiger partial charge >= 0.3 is 0 Å². The summed E-state index contributed by atoms with van der Waals surface area (Å²) in [5.41, 5.74) is 10.3. The first kappa shape index (κ1) is 35.8. The molecule has 0 atom stereocenters. The summed E-state index contributed by atoms with van der Waals surface area (Å²) in [5.74, 6) is 0. The van der Waals surface area contributed by atoms with E-state index in [9.17, 15) is 0 Å². The zero-order valence-electron chi connectivity index (χ0n) is 32.2. The number of nitrogens with zero attached hydrogens (tertiary/aromatic N) is 5. The second kappa shape index (κ2) is 13.1. The van der Waals surface area contributed by atoms with E-state index in [1.165, 1.54) is 5.56 Å². The number of imidazole rings is 1. The number of rotatable bonds is 0. The molecule has 0 unspecified atom stereocenters. The molecule has 280 valence electrons. The average Bonchev–Trinajstić information content (AvgIpc) is 3.73. The number of pyridine rings is 2. The Morgan fingerprint density at radius 3 is 1.89 bits per heavy atom. The van der Waals surface area contributed by atoms with Crippen molar-refractivity contribution in [2.45, 2.75) is 52.4 Å². The molecule has 0 saturated carbocycles. The van der Waals surface area contributed by atoms with E-state index in [0.29, 0.717) is 16.8 Å². The fourth-order valence-electron chi connectivity index (χ4n) is 7.81. The van der Waals surface area contributed by atoms with Crippen molar-refractivity contribution in [1.29, 1.82) is 0 Å². The third-order valence-electron chi connectivity index (χ3n) is 10.7. The van der Waals surface area contributed by atoms with Gasteiger partial charge in [0.2, 0.25) is 0 Å². The van der Waals surface area contributed by atoms with Gasteiger partial charge in [0.15, 0.2) is 0 Å². The summed E-state index contributed by atoms with van der Waals surface area (Å²) >= 11 is 0. The molecule has 0 aliphatic carbocycles. The van der Waals surface area contributed by atoms with Crippen LogP contribution in [0.1, 0.15) is 52.8 Å². The number of benzene rings is 5. The number of para-hydroxylation sites is 4. The molecule has 0 radical (unpaired) electrons. The minimum absolute atomic E-state index is 0. The van der Waals surface area contributed by atoms with Crippen molar-refractivity contribution < 1.29 is 25.5 Å². The van der Waals surface area contributed by atoms with Crippen molar-refractivity contribution >= 4 is 71.5 Å². The molecule has 1 aliphatic rings. The van der Waals surface area contributed by atoms with Crippen LogP contribution in [0.4, 0.5) is 0 Å². The second-order valence-corrected chi connectivity index (χ2v) is 16.5. The molecule has 0 N–H and O–H groups in total. The molecule has 0 saturated heterocycles. The van der Waals surface area contributed by atoms with Crippen LogP contribution in [0.15, 0.2) is 138 Å². The van der Waals surface area contributed by atoms with E-state index >= 15 is 0 Å². The molecule has 4 aromatic heterocycles. The molecule has 5 heterocycles. The third-order valence-corrected chi connectivity index (χ3v) is 10.7. The molecule has 6 nitrogen and oxygen atoms in total. The van der Waals surface area contributed by atoms with Gasteiger partial charge in [-0.2, -0.15) is 6.07 Å². The number of aromatic nitrogens is 5. The predicted molar refractivity (Wildman–Crippen MR) is 226 cm³/mol. The maximum Gasteiger partial charge on any atom is 0.136 e. The van der Waals surface area contributed by atoms with Gasteiger partial charge in [-0.1, -0.05) is 138 Å². The summed E-state index contributed by atoms with van der Waals surface area (Å²) < 4.78 is 13.4. The van der Waals surface area contributed by atoms with Crippen LogP contribution in [0, 0.1) is 12.1 Å². The minimum atomic E-state index is -0.254. The standard InChI is InChI=1S/C49H40N5O.Pt/c1-48(2,3)31-25-39-35-16-8-7-15-34(35)36-17-9-11-19-40(36)52-30-53(43-22-14-13-21-42(43)52)46-29-33(28-45(51-46)49(4,5)6)55-32-23-24-38-37-18-10-12-20-41(37)54(44(38)27-32)47(26-31)50-39;/h7-26,28,30H,1-6H3;/q-3;. The SMILES string of the molecule is CC(C)(C)c1cc2nc(c1)n1c3[c-]c(ccc3c3ccccc31)oc1[c-]c(nc(C(C)(C)C)c1)n1[cH-]n(c3ccccc3c3ccccc23)-c2ccccc2-1.[Pt]. The van der Waals surface area contributed by atoms with Crippen LogP contribution in [-0.4, -0.2) is 23.5 Å². The maximum atomic E-state index is 6.75. The Labute approximate surface area is 339 Å². The Morgan fingerprint density at radius 2 is 1.18 bits per heavy atom. The summed E-state index contributed by atoms with van der Waals surface area (Å²) in [4.78, 5) is 10.7. The van der Waals surface area contributed by atoms with E-state index in [4.69, 9.17) is 14.4 Å². The van der Waals surface area contributed by atoms with Gasteiger partial charge in [-0.25, -0.2) is 11.1 Å². The van der Waals surface area contributed by atoms with E-state index < -0.39 is 0 Å². The first-order valence-electron chi connectivity index (χ1n) is 18.8. The fraction of sp³-hybridized carbons (Fsp3) is 0.163. The van der Waals surface area contributed by atoms with Gasteiger partial charge in [0, 0.05) is 43.9 Å². The van der Waals surface area contributed by atoms with E-state index in [1.807, 2.05) is 12.1 Å². The van der Waals surface area contributed by atoms with Crippen LogP contribution in [0.2, 0.25) is 0 Å². The molecular weight excluding hydrogens is 870 g/mol. The van der Waals surface area contributed by atoms with Crippen LogP contribution in [0.25, 0.3) is 82.8 Å². The van der Waals surface area contributed by atoms with E-state index in [1.54, 1.807) is 0 Å². The van der Waals surface area contributed by atoms with Gasteiger partial charge in [0.1, 0.15) is 5.65 Å². The fourth-order valence-corrected chi connectivity index (χ4v) is 7.81.